The van der Waals surface area contributed by atoms with Crippen LogP contribution < -0.4 is 24.3 Å². The highest BCUT2D eigenvalue weighted by Gasteiger charge is 2.30. The second-order valence-electron chi connectivity index (χ2n) is 7.35. The summed E-state index contributed by atoms with van der Waals surface area (Å²) in [5.74, 6) is 0.821. The first kappa shape index (κ1) is 24.4. The van der Waals surface area contributed by atoms with Gasteiger partial charge in [-0.25, -0.2) is 9.97 Å². The molecule has 4 rings (SSSR count). The van der Waals surface area contributed by atoms with Crippen LogP contribution in [0.1, 0.15) is 11.1 Å². The van der Waals surface area contributed by atoms with Gasteiger partial charge in [0.25, 0.3) is 0 Å². The predicted octanol–water partition coefficient (Wildman–Crippen LogP) is 5.74. The number of aromatic nitrogens is 2. The topological polar surface area (TPSA) is 98.5 Å². The van der Waals surface area contributed by atoms with Gasteiger partial charge in [0.05, 0.1) is 31.6 Å². The molecule has 0 amide bonds. The summed E-state index contributed by atoms with van der Waals surface area (Å²) in [5, 5.41) is 12.9. The Hall–Kier alpha value is -4.72. The van der Waals surface area contributed by atoms with Gasteiger partial charge >= 0.3 is 6.36 Å². The van der Waals surface area contributed by atoms with Crippen LogP contribution in [0.5, 0.6) is 23.1 Å². The van der Waals surface area contributed by atoms with Gasteiger partial charge in [0.1, 0.15) is 29.5 Å². The number of nitriles is 1. The van der Waals surface area contributed by atoms with E-state index in [0.717, 1.165) is 0 Å². The molecule has 8 nitrogen and oxygen atoms in total. The van der Waals surface area contributed by atoms with Gasteiger partial charge in [0.15, 0.2) is 11.5 Å². The normalized spacial score (nSPS) is 11.0. The molecule has 0 aliphatic rings. The Bertz CT molecular complexity index is 1420. The quantitative estimate of drug-likeness (QED) is 0.330. The van der Waals surface area contributed by atoms with Crippen molar-refractivity contribution in [3.63, 3.8) is 0 Å². The number of benzene rings is 3. The van der Waals surface area contributed by atoms with E-state index in [4.69, 9.17) is 14.2 Å². The summed E-state index contributed by atoms with van der Waals surface area (Å²) in [7, 11) is 2.95. The zero-order chi connectivity index (χ0) is 25.7. The molecule has 11 heteroatoms. The average Bonchev–Trinajstić information content (AvgIpc) is 2.87. The van der Waals surface area contributed by atoms with Crippen LogP contribution in [0.2, 0.25) is 0 Å². The third-order valence-electron chi connectivity index (χ3n) is 5.01. The van der Waals surface area contributed by atoms with E-state index in [9.17, 15) is 18.4 Å². The minimum Gasteiger partial charge on any atom is -0.493 e. The fourth-order valence-corrected chi connectivity index (χ4v) is 3.35. The number of nitrogens with zero attached hydrogens (tertiary/aromatic N) is 3. The summed E-state index contributed by atoms with van der Waals surface area (Å²) in [6.07, 6.45) is -3.27. The number of methoxy groups -OCH3 is 2. The van der Waals surface area contributed by atoms with Crippen LogP contribution in [0.3, 0.4) is 0 Å². The van der Waals surface area contributed by atoms with Crippen LogP contribution in [0, 0.1) is 11.3 Å². The van der Waals surface area contributed by atoms with Crippen molar-refractivity contribution in [3.05, 3.63) is 71.9 Å². The second kappa shape index (κ2) is 10.3. The van der Waals surface area contributed by atoms with Crippen molar-refractivity contribution in [2.75, 3.05) is 19.5 Å². The third-order valence-corrected chi connectivity index (χ3v) is 5.01. The molecular formula is C25H19F3N4O4. The minimum atomic E-state index is -4.75. The Morgan fingerprint density at radius 3 is 2.42 bits per heavy atom. The van der Waals surface area contributed by atoms with E-state index in [0.29, 0.717) is 50.9 Å². The highest BCUT2D eigenvalue weighted by Crippen LogP contribution is 2.34. The first-order chi connectivity index (χ1) is 17.3. The summed E-state index contributed by atoms with van der Waals surface area (Å²) in [4.78, 5) is 8.59. The van der Waals surface area contributed by atoms with Gasteiger partial charge in [0, 0.05) is 11.8 Å². The number of alkyl halides is 3. The monoisotopic (exact) mass is 496 g/mol. The Morgan fingerprint density at radius 2 is 1.75 bits per heavy atom. The molecule has 1 aromatic heterocycles. The van der Waals surface area contributed by atoms with E-state index < -0.39 is 6.36 Å². The SMILES string of the molecule is COc1cnc2ccc(Nc3ccc(OCc4ccc(OC(F)(F)F)cc4)c(OC)c3)c(C#N)c2n1. The van der Waals surface area contributed by atoms with E-state index in [1.54, 1.807) is 30.3 Å². The number of rotatable bonds is 8. The summed E-state index contributed by atoms with van der Waals surface area (Å²) in [5.41, 5.74) is 3.04. The second-order valence-corrected chi connectivity index (χ2v) is 7.35. The third kappa shape index (κ3) is 5.67. The Balaban J connectivity index is 1.50. The van der Waals surface area contributed by atoms with Gasteiger partial charge in [0.2, 0.25) is 5.88 Å². The van der Waals surface area contributed by atoms with Crippen LogP contribution in [-0.4, -0.2) is 30.5 Å². The molecule has 0 fully saturated rings. The molecule has 36 heavy (non-hydrogen) atoms. The lowest BCUT2D eigenvalue weighted by Gasteiger charge is -2.15. The van der Waals surface area contributed by atoms with Crippen molar-refractivity contribution in [1.29, 1.82) is 5.26 Å². The van der Waals surface area contributed by atoms with E-state index in [2.05, 4.69) is 26.1 Å². The number of fused-ring (bicyclic) bond motifs is 1. The number of nitrogens with one attached hydrogen (secondary N) is 1. The smallest absolute Gasteiger partial charge is 0.493 e. The van der Waals surface area contributed by atoms with Crippen LogP contribution >= 0.6 is 0 Å². The minimum absolute atomic E-state index is 0.0964. The molecule has 0 saturated carbocycles. The maximum absolute atomic E-state index is 12.3. The molecule has 0 aliphatic heterocycles. The number of hydrogen-bond acceptors (Lipinski definition) is 8. The molecule has 0 spiro atoms. The van der Waals surface area contributed by atoms with Gasteiger partial charge < -0.3 is 24.3 Å². The van der Waals surface area contributed by atoms with Crippen LogP contribution in [0.4, 0.5) is 24.5 Å². The van der Waals surface area contributed by atoms with E-state index >= 15 is 0 Å². The van der Waals surface area contributed by atoms with E-state index in [1.165, 1.54) is 44.7 Å². The molecule has 0 radical (unpaired) electrons. The summed E-state index contributed by atoms with van der Waals surface area (Å²) < 4.78 is 57.1. The fraction of sp³-hybridized carbons (Fsp3) is 0.160. The van der Waals surface area contributed by atoms with E-state index in [-0.39, 0.29) is 12.4 Å². The standard InChI is InChI=1S/C25H19F3N4O4/c1-33-22-11-16(31-19-8-9-20-24(18(19)12-29)32-23(34-2)13-30-20)5-10-21(22)35-14-15-3-6-17(7-4-15)36-25(26,27)28/h3-11,13,31H,14H2,1-2H3. The first-order valence-electron chi connectivity index (χ1n) is 10.5. The first-order valence-corrected chi connectivity index (χ1v) is 10.5. The number of anilines is 2. The van der Waals surface area contributed by atoms with Crippen LogP contribution in [-0.2, 0) is 6.61 Å². The largest absolute Gasteiger partial charge is 0.573 e. The predicted molar refractivity (Wildman–Crippen MR) is 125 cm³/mol. The molecule has 0 bridgehead atoms. The molecule has 1 heterocycles. The van der Waals surface area contributed by atoms with E-state index in [1.807, 2.05) is 0 Å². The summed E-state index contributed by atoms with van der Waals surface area (Å²) in [6, 6.07) is 16.1. The molecule has 4 aromatic rings. The molecular weight excluding hydrogens is 477 g/mol. The highest BCUT2D eigenvalue weighted by molar-refractivity contribution is 5.88. The Labute approximate surface area is 203 Å². The number of ether oxygens (including phenoxy) is 4. The van der Waals surface area contributed by atoms with Gasteiger partial charge in [-0.2, -0.15) is 5.26 Å². The Kier molecular flexibility index (Phi) is 6.96. The molecule has 3 aromatic carbocycles. The molecule has 0 atom stereocenters. The Morgan fingerprint density at radius 1 is 0.972 bits per heavy atom. The van der Waals surface area contributed by atoms with Crippen molar-refractivity contribution >= 4 is 22.4 Å². The van der Waals surface area contributed by atoms with Crippen LogP contribution in [0.15, 0.2) is 60.8 Å². The van der Waals surface area contributed by atoms with Crippen molar-refractivity contribution in [1.82, 2.24) is 9.97 Å². The van der Waals surface area contributed by atoms with Gasteiger partial charge in [-0.05, 0) is 42.0 Å². The molecule has 0 aliphatic carbocycles. The molecule has 1 N–H and O–H groups in total. The number of hydrogen-bond donors (Lipinski definition) is 1. The van der Waals surface area contributed by atoms with Gasteiger partial charge in [-0.15, -0.1) is 13.2 Å². The molecule has 184 valence electrons. The van der Waals surface area contributed by atoms with Crippen molar-refractivity contribution < 1.29 is 32.1 Å². The van der Waals surface area contributed by atoms with Crippen molar-refractivity contribution in [2.45, 2.75) is 13.0 Å². The average molecular weight is 496 g/mol. The maximum Gasteiger partial charge on any atom is 0.573 e. The summed E-state index contributed by atoms with van der Waals surface area (Å²) in [6.45, 7) is 0.0964. The lowest BCUT2D eigenvalue weighted by molar-refractivity contribution is -0.274. The van der Waals surface area contributed by atoms with Crippen molar-refractivity contribution in [3.8, 4) is 29.2 Å². The zero-order valence-electron chi connectivity index (χ0n) is 19.1. The van der Waals surface area contributed by atoms with Crippen LogP contribution in [0.25, 0.3) is 11.0 Å². The maximum atomic E-state index is 12.3. The molecule has 0 saturated heterocycles. The molecule has 0 unspecified atom stereocenters. The highest BCUT2D eigenvalue weighted by atomic mass is 19.4. The lowest BCUT2D eigenvalue weighted by atomic mass is 10.1. The number of halogens is 3. The van der Waals surface area contributed by atoms with Gasteiger partial charge in [-0.1, -0.05) is 12.1 Å². The van der Waals surface area contributed by atoms with Crippen molar-refractivity contribution in [2.24, 2.45) is 0 Å². The lowest BCUT2D eigenvalue weighted by Crippen LogP contribution is -2.17. The summed E-state index contributed by atoms with van der Waals surface area (Å²) >= 11 is 0. The van der Waals surface area contributed by atoms with Gasteiger partial charge in [-0.3, -0.25) is 0 Å². The zero-order valence-corrected chi connectivity index (χ0v) is 19.1. The fourth-order valence-electron chi connectivity index (χ4n) is 3.35.